The van der Waals surface area contributed by atoms with Gasteiger partial charge in [0.05, 0.1) is 22.3 Å². The van der Waals surface area contributed by atoms with Crippen molar-refractivity contribution < 1.29 is 9.59 Å². The zero-order chi connectivity index (χ0) is 23.4. The number of rotatable bonds is 7. The summed E-state index contributed by atoms with van der Waals surface area (Å²) in [6.07, 6.45) is 0.905. The molecule has 6 nitrogen and oxygen atoms in total. The maximum absolute atomic E-state index is 13.3. The summed E-state index contributed by atoms with van der Waals surface area (Å²) in [4.78, 5) is 42.0. The number of aromatic nitrogens is 2. The summed E-state index contributed by atoms with van der Waals surface area (Å²) < 4.78 is 1.57. The van der Waals surface area contributed by atoms with Gasteiger partial charge in [0.1, 0.15) is 0 Å². The lowest BCUT2D eigenvalue weighted by Gasteiger charge is -2.13. The van der Waals surface area contributed by atoms with Crippen LogP contribution in [0, 0.1) is 0 Å². The first-order valence-corrected chi connectivity index (χ1v) is 11.6. The van der Waals surface area contributed by atoms with Crippen LogP contribution in [0.2, 0.25) is 0 Å². The average Bonchev–Trinajstić information content (AvgIpc) is 2.83. The summed E-state index contributed by atoms with van der Waals surface area (Å²) in [5.74, 6) is -0.140. The molecular formula is C26H23N3O3S. The van der Waals surface area contributed by atoms with E-state index in [1.807, 2.05) is 36.4 Å². The third kappa shape index (κ3) is 5.04. The molecule has 0 bridgehead atoms. The van der Waals surface area contributed by atoms with Crippen molar-refractivity contribution in [1.82, 2.24) is 9.55 Å². The molecule has 0 atom stereocenters. The minimum absolute atomic E-state index is 0.0929. The molecule has 0 aliphatic carbocycles. The monoisotopic (exact) mass is 457 g/mol. The molecule has 1 N–H and O–H groups in total. The summed E-state index contributed by atoms with van der Waals surface area (Å²) in [6, 6.07) is 21.8. The first kappa shape index (κ1) is 22.5. The summed E-state index contributed by atoms with van der Waals surface area (Å²) in [7, 11) is 0. The number of fused-ring (bicyclic) bond motifs is 1. The predicted octanol–water partition coefficient (Wildman–Crippen LogP) is 4.88. The molecule has 166 valence electrons. The topological polar surface area (TPSA) is 81.1 Å². The quantitative estimate of drug-likeness (QED) is 0.243. The van der Waals surface area contributed by atoms with Gasteiger partial charge in [-0.05, 0) is 60.5 Å². The Balaban J connectivity index is 1.65. The smallest absolute Gasteiger partial charge is 0.266 e. The van der Waals surface area contributed by atoms with Crippen LogP contribution in [0.3, 0.4) is 0 Å². The van der Waals surface area contributed by atoms with E-state index in [4.69, 9.17) is 4.98 Å². The second-order valence-electron chi connectivity index (χ2n) is 7.54. The molecule has 0 saturated carbocycles. The number of amides is 1. The largest absolute Gasteiger partial charge is 0.326 e. The molecule has 4 aromatic rings. The average molecular weight is 458 g/mol. The highest BCUT2D eigenvalue weighted by Crippen LogP contribution is 2.23. The number of hydrogen-bond donors (Lipinski definition) is 1. The van der Waals surface area contributed by atoms with Crippen molar-refractivity contribution in [2.75, 3.05) is 11.1 Å². The van der Waals surface area contributed by atoms with Gasteiger partial charge in [0.15, 0.2) is 10.9 Å². The van der Waals surface area contributed by atoms with Crippen LogP contribution in [0.25, 0.3) is 16.6 Å². The third-order valence-corrected chi connectivity index (χ3v) is 6.15. The zero-order valence-electron chi connectivity index (χ0n) is 18.4. The van der Waals surface area contributed by atoms with Gasteiger partial charge < -0.3 is 5.32 Å². The van der Waals surface area contributed by atoms with Crippen molar-refractivity contribution >= 4 is 40.0 Å². The number of carbonyl (C=O) groups is 2. The number of hydrogen-bond acceptors (Lipinski definition) is 5. The van der Waals surface area contributed by atoms with E-state index in [9.17, 15) is 14.4 Å². The first-order valence-electron chi connectivity index (χ1n) is 10.6. The summed E-state index contributed by atoms with van der Waals surface area (Å²) in [6.45, 7) is 3.51. The Morgan fingerprint density at radius 2 is 1.67 bits per heavy atom. The second kappa shape index (κ2) is 9.83. The van der Waals surface area contributed by atoms with Crippen LogP contribution in [0.15, 0.2) is 82.7 Å². The Hall–Kier alpha value is -3.71. The van der Waals surface area contributed by atoms with E-state index in [0.29, 0.717) is 33.0 Å². The van der Waals surface area contributed by atoms with Crippen LogP contribution in [-0.4, -0.2) is 27.0 Å². The highest BCUT2D eigenvalue weighted by molar-refractivity contribution is 7.99. The number of aryl methyl sites for hydroxylation is 1. The van der Waals surface area contributed by atoms with Gasteiger partial charge in [-0.25, -0.2) is 4.98 Å². The lowest BCUT2D eigenvalue weighted by Crippen LogP contribution is -2.22. The molecule has 4 rings (SSSR count). The van der Waals surface area contributed by atoms with Crippen molar-refractivity contribution in [2.24, 2.45) is 0 Å². The highest BCUT2D eigenvalue weighted by Gasteiger charge is 2.15. The van der Waals surface area contributed by atoms with Crippen LogP contribution >= 0.6 is 11.8 Å². The number of nitrogens with zero attached hydrogens (tertiary/aromatic N) is 2. The molecule has 0 spiro atoms. The SMILES string of the molecule is CCc1ccc(-n2c(SCC(=O)c3ccc(NC(C)=O)cc3)nc3ccccc3c2=O)cc1. The van der Waals surface area contributed by atoms with Crippen molar-refractivity contribution in [3.05, 3.63) is 94.3 Å². The fraction of sp³-hybridized carbons (Fsp3) is 0.154. The third-order valence-electron chi connectivity index (χ3n) is 5.21. The summed E-state index contributed by atoms with van der Waals surface area (Å²) in [5.41, 5.74) is 3.47. The van der Waals surface area contributed by atoms with Gasteiger partial charge in [-0.2, -0.15) is 0 Å². The molecule has 7 heteroatoms. The number of anilines is 1. The van der Waals surface area contributed by atoms with Gasteiger partial charge in [0.25, 0.3) is 5.56 Å². The number of para-hydroxylation sites is 1. The van der Waals surface area contributed by atoms with Crippen molar-refractivity contribution in [3.63, 3.8) is 0 Å². The van der Waals surface area contributed by atoms with Gasteiger partial charge in [-0.1, -0.05) is 43.0 Å². The van der Waals surface area contributed by atoms with Crippen LogP contribution in [0.1, 0.15) is 29.8 Å². The van der Waals surface area contributed by atoms with Gasteiger partial charge in [-0.3, -0.25) is 19.0 Å². The molecule has 1 amide bonds. The summed E-state index contributed by atoms with van der Waals surface area (Å²) in [5, 5.41) is 3.68. The standard InChI is InChI=1S/C26H23N3O3S/c1-3-18-8-14-21(15-9-18)29-25(32)22-6-4-5-7-23(22)28-26(29)33-16-24(31)19-10-12-20(13-11-19)27-17(2)30/h4-15H,3,16H2,1-2H3,(H,27,30). The predicted molar refractivity (Wildman–Crippen MR) is 133 cm³/mol. The Morgan fingerprint density at radius 1 is 0.970 bits per heavy atom. The molecular weight excluding hydrogens is 434 g/mol. The minimum Gasteiger partial charge on any atom is -0.326 e. The second-order valence-corrected chi connectivity index (χ2v) is 8.48. The number of Topliss-reactive ketones (excluding diaryl/α,β-unsaturated/α-hetero) is 1. The van der Waals surface area contributed by atoms with Gasteiger partial charge >= 0.3 is 0 Å². The molecule has 0 aliphatic heterocycles. The van der Waals surface area contributed by atoms with Crippen LogP contribution in [0.5, 0.6) is 0 Å². The van der Waals surface area contributed by atoms with Gasteiger partial charge in [-0.15, -0.1) is 0 Å². The fourth-order valence-corrected chi connectivity index (χ4v) is 4.38. The number of ketones is 1. The van der Waals surface area contributed by atoms with E-state index in [1.165, 1.54) is 24.2 Å². The molecule has 33 heavy (non-hydrogen) atoms. The molecule has 3 aromatic carbocycles. The lowest BCUT2D eigenvalue weighted by molar-refractivity contribution is -0.114. The molecule has 0 saturated heterocycles. The van der Waals surface area contributed by atoms with Crippen LogP contribution in [-0.2, 0) is 11.2 Å². The normalized spacial score (nSPS) is 10.8. The first-order chi connectivity index (χ1) is 16.0. The molecule has 0 unspecified atom stereocenters. The zero-order valence-corrected chi connectivity index (χ0v) is 19.2. The number of carbonyl (C=O) groups excluding carboxylic acids is 2. The maximum atomic E-state index is 13.3. The minimum atomic E-state index is -0.169. The van der Waals surface area contributed by atoms with E-state index >= 15 is 0 Å². The molecule has 0 aliphatic rings. The Labute approximate surface area is 195 Å². The van der Waals surface area contributed by atoms with Crippen molar-refractivity contribution in [2.45, 2.75) is 25.4 Å². The molecule has 1 aromatic heterocycles. The van der Waals surface area contributed by atoms with Crippen LogP contribution < -0.4 is 10.9 Å². The number of nitrogens with one attached hydrogen (secondary N) is 1. The molecule has 0 radical (unpaired) electrons. The number of benzene rings is 3. The maximum Gasteiger partial charge on any atom is 0.266 e. The fourth-order valence-electron chi connectivity index (χ4n) is 3.47. The Bertz CT molecular complexity index is 1380. The van der Waals surface area contributed by atoms with Crippen molar-refractivity contribution in [1.29, 1.82) is 0 Å². The lowest BCUT2D eigenvalue weighted by atomic mass is 10.1. The number of thioether (sulfide) groups is 1. The van der Waals surface area contributed by atoms with E-state index in [-0.39, 0.29) is 23.0 Å². The Morgan fingerprint density at radius 3 is 2.33 bits per heavy atom. The van der Waals surface area contributed by atoms with E-state index < -0.39 is 0 Å². The Kier molecular flexibility index (Phi) is 6.70. The van der Waals surface area contributed by atoms with E-state index in [1.54, 1.807) is 41.0 Å². The molecule has 0 fully saturated rings. The van der Waals surface area contributed by atoms with E-state index in [0.717, 1.165) is 6.42 Å². The highest BCUT2D eigenvalue weighted by atomic mass is 32.2. The van der Waals surface area contributed by atoms with Crippen molar-refractivity contribution in [3.8, 4) is 5.69 Å². The van der Waals surface area contributed by atoms with E-state index in [2.05, 4.69) is 12.2 Å². The summed E-state index contributed by atoms with van der Waals surface area (Å²) >= 11 is 1.23. The molecule has 1 heterocycles. The van der Waals surface area contributed by atoms with Gasteiger partial charge in [0, 0.05) is 18.2 Å². The van der Waals surface area contributed by atoms with Gasteiger partial charge in [0.2, 0.25) is 5.91 Å². The van der Waals surface area contributed by atoms with Crippen LogP contribution in [0.4, 0.5) is 5.69 Å².